The first-order valence-corrected chi connectivity index (χ1v) is 13.2. The molecule has 1 heterocycles. The van der Waals surface area contributed by atoms with E-state index in [1.54, 1.807) is 7.11 Å². The number of carbonyl (C=O) groups is 2. The highest BCUT2D eigenvalue weighted by Gasteiger charge is 2.46. The third-order valence-electron chi connectivity index (χ3n) is 7.52. The minimum absolute atomic E-state index is 0.00781. The van der Waals surface area contributed by atoms with Crippen molar-refractivity contribution in [1.82, 2.24) is 4.90 Å². The van der Waals surface area contributed by atoms with Crippen LogP contribution < -0.4 is 14.8 Å². The Hall–Kier alpha value is -3.80. The average molecular weight is 499 g/mol. The van der Waals surface area contributed by atoms with Crippen molar-refractivity contribution in [2.24, 2.45) is 0 Å². The van der Waals surface area contributed by atoms with E-state index in [0.717, 1.165) is 48.3 Å². The van der Waals surface area contributed by atoms with E-state index < -0.39 is 12.0 Å². The van der Waals surface area contributed by atoms with E-state index in [2.05, 4.69) is 5.32 Å². The van der Waals surface area contributed by atoms with Crippen molar-refractivity contribution in [2.75, 3.05) is 19.0 Å². The summed E-state index contributed by atoms with van der Waals surface area (Å²) in [5.74, 6) is 0.814. The maximum Gasteiger partial charge on any atom is 0.254 e. The van der Waals surface area contributed by atoms with Gasteiger partial charge in [0.2, 0.25) is 5.91 Å². The fourth-order valence-electron chi connectivity index (χ4n) is 5.77. The van der Waals surface area contributed by atoms with Crippen LogP contribution in [0.4, 0.5) is 5.69 Å². The van der Waals surface area contributed by atoms with Crippen molar-refractivity contribution in [3.05, 3.63) is 89.5 Å². The molecular weight excluding hydrogens is 464 g/mol. The summed E-state index contributed by atoms with van der Waals surface area (Å²) in [6, 6.07) is 22.4. The number of hydrogen-bond acceptors (Lipinski definition) is 4. The molecule has 0 aromatic heterocycles. The number of carbonyl (C=O) groups excluding carboxylic acids is 2. The van der Waals surface area contributed by atoms with Gasteiger partial charge in [-0.05, 0) is 73.4 Å². The molecule has 5 rings (SSSR count). The van der Waals surface area contributed by atoms with Crippen LogP contribution >= 0.6 is 0 Å². The molecule has 0 unspecified atom stereocenters. The van der Waals surface area contributed by atoms with Crippen LogP contribution in [0.3, 0.4) is 0 Å². The molecule has 37 heavy (non-hydrogen) atoms. The lowest BCUT2D eigenvalue weighted by Gasteiger charge is -2.46. The van der Waals surface area contributed by atoms with Crippen LogP contribution in [0.25, 0.3) is 0 Å². The first kappa shape index (κ1) is 24.9. The monoisotopic (exact) mass is 498 g/mol. The number of methoxy groups -OCH3 is 1. The predicted octanol–water partition coefficient (Wildman–Crippen LogP) is 6.35. The Labute approximate surface area is 218 Å². The van der Waals surface area contributed by atoms with Crippen LogP contribution in [0.1, 0.15) is 72.5 Å². The van der Waals surface area contributed by atoms with Gasteiger partial charge in [0.1, 0.15) is 11.5 Å². The summed E-state index contributed by atoms with van der Waals surface area (Å²) in [5.41, 5.74) is 3.01. The molecule has 1 N–H and O–H groups in total. The lowest BCUT2D eigenvalue weighted by Crippen LogP contribution is -2.51. The number of nitrogens with zero attached hydrogens (tertiary/aromatic N) is 1. The van der Waals surface area contributed by atoms with Crippen LogP contribution in [-0.4, -0.2) is 36.5 Å². The lowest BCUT2D eigenvalue weighted by atomic mass is 9.77. The van der Waals surface area contributed by atoms with Gasteiger partial charge in [-0.2, -0.15) is 0 Å². The molecule has 0 spiro atoms. The van der Waals surface area contributed by atoms with Crippen molar-refractivity contribution >= 4 is 17.5 Å². The summed E-state index contributed by atoms with van der Waals surface area (Å²) in [6.07, 6.45) is 5.27. The summed E-state index contributed by atoms with van der Waals surface area (Å²) in [7, 11) is 1.64. The molecular formula is C31H34N2O4. The zero-order chi connectivity index (χ0) is 25.8. The number of benzene rings is 3. The number of hydrogen-bond donors (Lipinski definition) is 1. The summed E-state index contributed by atoms with van der Waals surface area (Å²) in [5, 5.41) is 3.13. The van der Waals surface area contributed by atoms with Gasteiger partial charge in [-0.1, -0.05) is 49.6 Å². The van der Waals surface area contributed by atoms with Gasteiger partial charge in [0.25, 0.3) is 5.91 Å². The highest BCUT2D eigenvalue weighted by molar-refractivity contribution is 6.04. The van der Waals surface area contributed by atoms with Crippen molar-refractivity contribution in [3.63, 3.8) is 0 Å². The lowest BCUT2D eigenvalue weighted by molar-refractivity contribution is -0.119. The average Bonchev–Trinajstić information content (AvgIpc) is 2.94. The van der Waals surface area contributed by atoms with Crippen LogP contribution in [0.5, 0.6) is 11.5 Å². The molecule has 2 aliphatic rings. The van der Waals surface area contributed by atoms with Gasteiger partial charge >= 0.3 is 0 Å². The molecule has 192 valence electrons. The molecule has 3 aromatic rings. The molecule has 6 heteroatoms. The second-order valence-corrected chi connectivity index (χ2v) is 9.73. The minimum Gasteiger partial charge on any atom is -0.497 e. The van der Waals surface area contributed by atoms with Crippen LogP contribution in [0, 0.1) is 0 Å². The number of ether oxygens (including phenoxy) is 2. The molecule has 0 saturated heterocycles. The zero-order valence-corrected chi connectivity index (χ0v) is 21.5. The van der Waals surface area contributed by atoms with Crippen molar-refractivity contribution in [2.45, 2.75) is 57.0 Å². The molecule has 1 fully saturated rings. The minimum atomic E-state index is -0.559. The largest absolute Gasteiger partial charge is 0.497 e. The highest BCUT2D eigenvalue weighted by atomic mass is 16.5. The molecule has 2 atom stereocenters. The second kappa shape index (κ2) is 11.1. The molecule has 1 saturated carbocycles. The Morgan fingerprint density at radius 1 is 0.919 bits per heavy atom. The van der Waals surface area contributed by atoms with E-state index in [0.29, 0.717) is 17.9 Å². The summed E-state index contributed by atoms with van der Waals surface area (Å²) in [4.78, 5) is 30.1. The van der Waals surface area contributed by atoms with Crippen LogP contribution in [0.15, 0.2) is 72.8 Å². The van der Waals surface area contributed by atoms with Crippen molar-refractivity contribution in [3.8, 4) is 11.5 Å². The Morgan fingerprint density at radius 3 is 2.27 bits per heavy atom. The van der Waals surface area contributed by atoms with Crippen molar-refractivity contribution in [1.29, 1.82) is 0 Å². The fraction of sp³-hybridized carbons (Fsp3) is 0.355. The third-order valence-corrected chi connectivity index (χ3v) is 7.52. The predicted molar refractivity (Wildman–Crippen MR) is 144 cm³/mol. The molecule has 0 bridgehead atoms. The van der Waals surface area contributed by atoms with Gasteiger partial charge in [-0.3, -0.25) is 9.59 Å². The standard InChI is InChI=1S/C31H34N2O4/c1-3-37-25-19-15-22(16-20-25)32-30(34)28-26-11-7-8-12-27(26)31(35)33(23-9-5-4-6-10-23)29(28)21-13-17-24(36-2)18-14-21/h7-8,11-20,23,28-29H,3-6,9-10H2,1-2H3,(H,32,34)/t28-,29+/m0/s1. The number of amides is 2. The fourth-order valence-corrected chi connectivity index (χ4v) is 5.77. The smallest absolute Gasteiger partial charge is 0.254 e. The molecule has 6 nitrogen and oxygen atoms in total. The Kier molecular flexibility index (Phi) is 7.45. The summed E-state index contributed by atoms with van der Waals surface area (Å²) >= 11 is 0. The number of fused-ring (bicyclic) bond motifs is 1. The Balaban J connectivity index is 1.58. The maximum atomic E-state index is 14.1. The van der Waals surface area contributed by atoms with Gasteiger partial charge in [-0.15, -0.1) is 0 Å². The van der Waals surface area contributed by atoms with Crippen molar-refractivity contribution < 1.29 is 19.1 Å². The molecule has 2 amide bonds. The molecule has 0 radical (unpaired) electrons. The number of rotatable bonds is 7. The van der Waals surface area contributed by atoms with E-state index in [4.69, 9.17) is 9.47 Å². The van der Waals surface area contributed by atoms with Crippen LogP contribution in [0.2, 0.25) is 0 Å². The first-order valence-electron chi connectivity index (χ1n) is 13.2. The third kappa shape index (κ3) is 5.06. The molecule has 1 aliphatic heterocycles. The topological polar surface area (TPSA) is 67.9 Å². The van der Waals surface area contributed by atoms with Crippen LogP contribution in [-0.2, 0) is 4.79 Å². The van der Waals surface area contributed by atoms with E-state index in [1.807, 2.05) is 84.6 Å². The van der Waals surface area contributed by atoms with E-state index in [1.165, 1.54) is 6.42 Å². The molecule has 1 aliphatic carbocycles. The number of nitrogens with one attached hydrogen (secondary N) is 1. The zero-order valence-electron chi connectivity index (χ0n) is 21.5. The maximum absolute atomic E-state index is 14.1. The van der Waals surface area contributed by atoms with Gasteiger partial charge in [-0.25, -0.2) is 0 Å². The SMILES string of the molecule is CCOc1ccc(NC(=O)[C@H]2c3ccccc3C(=O)N(C3CCCCC3)[C@@H]2c2ccc(OC)cc2)cc1. The number of anilines is 1. The molecule has 3 aromatic carbocycles. The normalized spacial score (nSPS) is 19.7. The van der Waals surface area contributed by atoms with Gasteiger partial charge in [0.05, 0.1) is 25.7 Å². The quantitative estimate of drug-likeness (QED) is 0.412. The van der Waals surface area contributed by atoms with E-state index in [9.17, 15) is 9.59 Å². The Morgan fingerprint density at radius 2 is 1.59 bits per heavy atom. The van der Waals surface area contributed by atoms with Gasteiger partial charge in [0, 0.05) is 17.3 Å². The van der Waals surface area contributed by atoms with Gasteiger partial charge in [0.15, 0.2) is 0 Å². The second-order valence-electron chi connectivity index (χ2n) is 9.73. The van der Waals surface area contributed by atoms with E-state index in [-0.39, 0.29) is 17.9 Å². The Bertz CT molecular complexity index is 1230. The highest BCUT2D eigenvalue weighted by Crippen LogP contribution is 2.46. The first-order chi connectivity index (χ1) is 18.1. The summed E-state index contributed by atoms with van der Waals surface area (Å²) < 4.78 is 10.9. The summed E-state index contributed by atoms with van der Waals surface area (Å²) in [6.45, 7) is 2.52. The van der Waals surface area contributed by atoms with E-state index >= 15 is 0 Å². The van der Waals surface area contributed by atoms with Gasteiger partial charge < -0.3 is 19.7 Å².